The highest BCUT2D eigenvalue weighted by Gasteiger charge is 2.30. The van der Waals surface area contributed by atoms with E-state index in [0.29, 0.717) is 0 Å². The fourth-order valence-corrected chi connectivity index (χ4v) is 4.11. The molecular formula is C20H24N4O5S. The van der Waals surface area contributed by atoms with Gasteiger partial charge < -0.3 is 10.1 Å². The standard InChI is InChI=1S/C20H24N4O5S/c1-13-3-6-15(7-4-13)21-12-19(25)22-23-20(26)14-5-10-17(29-2)18(11-14)30(27,28)24-16-8-9-16/h3-7,10-11,16,21,24H,8-9,12H2,1-2H3,(H,22,25)(H,23,26). The number of benzene rings is 2. The number of sulfonamides is 1. The van der Waals surface area contributed by atoms with Gasteiger partial charge in [0.1, 0.15) is 10.6 Å². The van der Waals surface area contributed by atoms with E-state index in [0.717, 1.165) is 24.1 Å². The van der Waals surface area contributed by atoms with Crippen molar-refractivity contribution < 1.29 is 22.7 Å². The molecule has 0 aliphatic heterocycles. The van der Waals surface area contributed by atoms with Crippen molar-refractivity contribution in [3.8, 4) is 5.75 Å². The van der Waals surface area contributed by atoms with Gasteiger partial charge in [-0.3, -0.25) is 20.4 Å². The fraction of sp³-hybridized carbons (Fsp3) is 0.300. The molecule has 9 nitrogen and oxygen atoms in total. The third-order valence-corrected chi connectivity index (χ3v) is 5.98. The van der Waals surface area contributed by atoms with E-state index in [-0.39, 0.29) is 28.8 Å². The second kappa shape index (κ2) is 9.14. The first-order valence-electron chi connectivity index (χ1n) is 9.38. The molecule has 1 aliphatic rings. The van der Waals surface area contributed by atoms with Gasteiger partial charge in [0.05, 0.1) is 13.7 Å². The number of methoxy groups -OCH3 is 1. The second-order valence-corrected chi connectivity index (χ2v) is 8.67. The van der Waals surface area contributed by atoms with Crippen LogP contribution in [0.2, 0.25) is 0 Å². The summed E-state index contributed by atoms with van der Waals surface area (Å²) in [4.78, 5) is 24.2. The van der Waals surface area contributed by atoms with Crippen molar-refractivity contribution in [1.82, 2.24) is 15.6 Å². The Hall–Kier alpha value is -3.11. The molecule has 0 bridgehead atoms. The van der Waals surface area contributed by atoms with Crippen LogP contribution in [-0.2, 0) is 14.8 Å². The van der Waals surface area contributed by atoms with Crippen molar-refractivity contribution >= 4 is 27.5 Å². The molecule has 0 heterocycles. The normalized spacial score (nSPS) is 13.4. The van der Waals surface area contributed by atoms with Crippen molar-refractivity contribution in [3.63, 3.8) is 0 Å². The Morgan fingerprint density at radius 3 is 2.40 bits per heavy atom. The third kappa shape index (κ3) is 5.71. The molecule has 2 aromatic carbocycles. The maximum Gasteiger partial charge on any atom is 0.269 e. The van der Waals surface area contributed by atoms with Gasteiger partial charge in [-0.25, -0.2) is 13.1 Å². The molecule has 0 aromatic heterocycles. The number of ether oxygens (including phenoxy) is 1. The van der Waals surface area contributed by atoms with Crippen molar-refractivity contribution in [3.05, 3.63) is 53.6 Å². The lowest BCUT2D eigenvalue weighted by molar-refractivity contribution is -0.120. The van der Waals surface area contributed by atoms with Gasteiger partial charge >= 0.3 is 0 Å². The van der Waals surface area contributed by atoms with E-state index >= 15 is 0 Å². The zero-order valence-corrected chi connectivity index (χ0v) is 17.5. The lowest BCUT2D eigenvalue weighted by atomic mass is 10.2. The van der Waals surface area contributed by atoms with Gasteiger partial charge in [-0.15, -0.1) is 0 Å². The third-order valence-electron chi connectivity index (χ3n) is 4.43. The summed E-state index contributed by atoms with van der Waals surface area (Å²) in [7, 11) is -2.47. The molecule has 0 atom stereocenters. The maximum atomic E-state index is 12.5. The zero-order valence-electron chi connectivity index (χ0n) is 16.7. The molecule has 4 N–H and O–H groups in total. The van der Waals surface area contributed by atoms with Crippen molar-refractivity contribution in [2.75, 3.05) is 19.0 Å². The lowest BCUT2D eigenvalue weighted by Crippen LogP contribution is -2.44. The summed E-state index contributed by atoms with van der Waals surface area (Å²) in [6, 6.07) is 11.5. The van der Waals surface area contributed by atoms with E-state index in [1.807, 2.05) is 31.2 Å². The molecule has 0 spiro atoms. The van der Waals surface area contributed by atoms with E-state index < -0.39 is 21.8 Å². The highest BCUT2D eigenvalue weighted by molar-refractivity contribution is 7.89. The number of hydrogen-bond donors (Lipinski definition) is 4. The van der Waals surface area contributed by atoms with Gasteiger partial charge in [0.2, 0.25) is 10.0 Å². The molecule has 0 radical (unpaired) electrons. The van der Waals surface area contributed by atoms with Crippen LogP contribution in [0.15, 0.2) is 47.4 Å². The van der Waals surface area contributed by atoms with Gasteiger partial charge in [-0.1, -0.05) is 17.7 Å². The summed E-state index contributed by atoms with van der Waals surface area (Å²) < 4.78 is 32.8. The number of anilines is 1. The van der Waals surface area contributed by atoms with E-state index in [4.69, 9.17) is 4.74 Å². The molecule has 0 saturated heterocycles. The minimum atomic E-state index is -3.82. The Morgan fingerprint density at radius 2 is 1.77 bits per heavy atom. The first-order valence-corrected chi connectivity index (χ1v) is 10.9. The number of amides is 2. The summed E-state index contributed by atoms with van der Waals surface area (Å²) in [6.45, 7) is 1.92. The summed E-state index contributed by atoms with van der Waals surface area (Å²) in [5, 5.41) is 2.94. The van der Waals surface area contributed by atoms with Crippen LogP contribution in [-0.4, -0.2) is 39.9 Å². The van der Waals surface area contributed by atoms with Crippen LogP contribution in [0.4, 0.5) is 5.69 Å². The van der Waals surface area contributed by atoms with Crippen LogP contribution in [0.5, 0.6) is 5.75 Å². The topological polar surface area (TPSA) is 126 Å². The van der Waals surface area contributed by atoms with Gasteiger partial charge in [-0.2, -0.15) is 0 Å². The molecule has 2 aromatic rings. The molecule has 1 aliphatic carbocycles. The molecule has 3 rings (SSSR count). The molecule has 1 saturated carbocycles. The number of nitrogens with one attached hydrogen (secondary N) is 4. The Kier molecular flexibility index (Phi) is 6.58. The number of rotatable bonds is 8. The summed E-state index contributed by atoms with van der Waals surface area (Å²) in [6.07, 6.45) is 1.56. The van der Waals surface area contributed by atoms with Crippen molar-refractivity contribution in [1.29, 1.82) is 0 Å². The molecule has 1 fully saturated rings. The van der Waals surface area contributed by atoms with Crippen LogP contribution in [0.1, 0.15) is 28.8 Å². The number of hydrazine groups is 1. The van der Waals surface area contributed by atoms with Crippen LogP contribution in [0.25, 0.3) is 0 Å². The van der Waals surface area contributed by atoms with E-state index in [2.05, 4.69) is 20.9 Å². The quantitative estimate of drug-likeness (QED) is 0.466. The molecule has 0 unspecified atom stereocenters. The highest BCUT2D eigenvalue weighted by atomic mass is 32.2. The highest BCUT2D eigenvalue weighted by Crippen LogP contribution is 2.28. The second-order valence-electron chi connectivity index (χ2n) is 6.98. The fourth-order valence-electron chi connectivity index (χ4n) is 2.61. The number of carbonyl (C=O) groups is 2. The van der Waals surface area contributed by atoms with Crippen LogP contribution in [0.3, 0.4) is 0 Å². The van der Waals surface area contributed by atoms with Crippen LogP contribution in [0, 0.1) is 6.92 Å². The smallest absolute Gasteiger partial charge is 0.269 e. The Labute approximate surface area is 175 Å². The van der Waals surface area contributed by atoms with Crippen LogP contribution >= 0.6 is 0 Å². The van der Waals surface area contributed by atoms with Crippen LogP contribution < -0.4 is 25.6 Å². The first-order chi connectivity index (χ1) is 14.3. The maximum absolute atomic E-state index is 12.5. The summed E-state index contributed by atoms with van der Waals surface area (Å²) >= 11 is 0. The van der Waals surface area contributed by atoms with Gasteiger partial charge in [0, 0.05) is 17.3 Å². The molecule has 30 heavy (non-hydrogen) atoms. The zero-order chi connectivity index (χ0) is 21.7. The average Bonchev–Trinajstić information content (AvgIpc) is 3.54. The summed E-state index contributed by atoms with van der Waals surface area (Å²) in [5.41, 5.74) is 6.52. The van der Waals surface area contributed by atoms with Gasteiger partial charge in [-0.05, 0) is 50.1 Å². The van der Waals surface area contributed by atoms with E-state index in [1.165, 1.54) is 25.3 Å². The molecule has 2 amide bonds. The SMILES string of the molecule is COc1ccc(C(=O)NNC(=O)CNc2ccc(C)cc2)cc1S(=O)(=O)NC1CC1. The Bertz CT molecular complexity index is 1030. The lowest BCUT2D eigenvalue weighted by Gasteiger charge is -2.13. The molecule has 160 valence electrons. The Morgan fingerprint density at radius 1 is 1.07 bits per heavy atom. The van der Waals surface area contributed by atoms with E-state index in [9.17, 15) is 18.0 Å². The summed E-state index contributed by atoms with van der Waals surface area (Å²) in [5.74, 6) is -0.976. The Balaban J connectivity index is 1.59. The number of hydrogen-bond acceptors (Lipinski definition) is 6. The molecular weight excluding hydrogens is 408 g/mol. The van der Waals surface area contributed by atoms with Gasteiger partial charge in [0.15, 0.2) is 0 Å². The minimum Gasteiger partial charge on any atom is -0.495 e. The molecule has 10 heteroatoms. The van der Waals surface area contributed by atoms with Gasteiger partial charge in [0.25, 0.3) is 11.8 Å². The number of carbonyl (C=O) groups excluding carboxylic acids is 2. The number of aryl methyl sites for hydroxylation is 1. The largest absolute Gasteiger partial charge is 0.495 e. The monoisotopic (exact) mass is 432 g/mol. The van der Waals surface area contributed by atoms with Crippen molar-refractivity contribution in [2.45, 2.75) is 30.7 Å². The van der Waals surface area contributed by atoms with Crippen molar-refractivity contribution in [2.24, 2.45) is 0 Å². The minimum absolute atomic E-state index is 0.0448. The predicted octanol–water partition coefficient (Wildman–Crippen LogP) is 1.32. The first kappa shape index (κ1) is 21.6. The average molecular weight is 433 g/mol. The van der Waals surface area contributed by atoms with E-state index in [1.54, 1.807) is 0 Å². The predicted molar refractivity (Wildman–Crippen MR) is 112 cm³/mol.